The molecule has 0 radical (unpaired) electrons. The molecule has 0 bridgehead atoms. The van der Waals surface area contributed by atoms with E-state index in [9.17, 15) is 33.2 Å². The van der Waals surface area contributed by atoms with Crippen molar-refractivity contribution < 1.29 is 32.7 Å². The van der Waals surface area contributed by atoms with Crippen LogP contribution in [0.15, 0.2) is 10.6 Å². The van der Waals surface area contributed by atoms with Gasteiger partial charge in [0, 0.05) is 17.8 Å². The second-order valence-corrected chi connectivity index (χ2v) is 6.87. The SMILES string of the molecule is CCCOC(=O)C(C=NC1CCCC1)=C(O)c1c(F)c(CC)c(F)c(F)c1[N+](=O)[O-]. The molecule has 0 amide bonds. The molecule has 1 N–H and O–H groups in total. The molecule has 7 nitrogen and oxygen atoms in total. The van der Waals surface area contributed by atoms with Crippen molar-refractivity contribution >= 4 is 23.6 Å². The van der Waals surface area contributed by atoms with Crippen LogP contribution in [0.3, 0.4) is 0 Å². The number of nitro benzene ring substituents is 1. The third kappa shape index (κ3) is 4.80. The number of aliphatic hydroxyl groups is 1. The standard InChI is InChI=1S/C20H23F3N2O5/c1-3-9-30-20(27)13(10-24-11-7-5-6-8-11)19(26)14-15(21)12(4-2)16(22)17(23)18(14)25(28)29/h10-11,26H,3-9H2,1-2H3. The summed E-state index contributed by atoms with van der Waals surface area (Å²) in [5.41, 5.74) is -4.26. The highest BCUT2D eigenvalue weighted by Gasteiger charge is 2.35. The van der Waals surface area contributed by atoms with Gasteiger partial charge in [0.15, 0.2) is 5.82 Å². The van der Waals surface area contributed by atoms with Crippen molar-refractivity contribution in [2.45, 2.75) is 58.4 Å². The number of benzene rings is 1. The predicted molar refractivity (Wildman–Crippen MR) is 104 cm³/mol. The van der Waals surface area contributed by atoms with E-state index in [0.29, 0.717) is 6.42 Å². The lowest BCUT2D eigenvalue weighted by Gasteiger charge is -2.13. The van der Waals surface area contributed by atoms with E-state index in [2.05, 4.69) is 4.99 Å². The van der Waals surface area contributed by atoms with Gasteiger partial charge in [-0.1, -0.05) is 26.7 Å². The summed E-state index contributed by atoms with van der Waals surface area (Å²) in [7, 11) is 0. The number of hydrogen-bond donors (Lipinski definition) is 1. The molecule has 1 fully saturated rings. The van der Waals surface area contributed by atoms with E-state index >= 15 is 0 Å². The van der Waals surface area contributed by atoms with E-state index in [1.165, 1.54) is 6.92 Å². The summed E-state index contributed by atoms with van der Waals surface area (Å²) < 4.78 is 48.3. The minimum absolute atomic E-state index is 0.0323. The number of halogens is 3. The first-order valence-corrected chi connectivity index (χ1v) is 9.72. The molecule has 0 spiro atoms. The summed E-state index contributed by atoms with van der Waals surface area (Å²) >= 11 is 0. The van der Waals surface area contributed by atoms with Gasteiger partial charge in [-0.2, -0.15) is 4.39 Å². The van der Waals surface area contributed by atoms with Gasteiger partial charge in [-0.15, -0.1) is 0 Å². The van der Waals surface area contributed by atoms with Crippen molar-refractivity contribution in [2.75, 3.05) is 6.61 Å². The van der Waals surface area contributed by atoms with E-state index in [1.54, 1.807) is 6.92 Å². The quantitative estimate of drug-likeness (QED) is 0.122. The molecule has 2 rings (SSSR count). The molecule has 1 saturated carbocycles. The van der Waals surface area contributed by atoms with Crippen LogP contribution >= 0.6 is 0 Å². The van der Waals surface area contributed by atoms with Crippen LogP contribution in [0.25, 0.3) is 5.76 Å². The Morgan fingerprint density at radius 2 is 1.87 bits per heavy atom. The first-order chi connectivity index (χ1) is 14.2. The molecule has 1 aromatic carbocycles. The van der Waals surface area contributed by atoms with Crippen LogP contribution in [0.4, 0.5) is 18.9 Å². The number of ether oxygens (including phenoxy) is 1. The Morgan fingerprint density at radius 3 is 2.40 bits per heavy atom. The van der Waals surface area contributed by atoms with E-state index < -0.39 is 56.5 Å². The summed E-state index contributed by atoms with van der Waals surface area (Å²) in [4.78, 5) is 26.6. The fraction of sp³-hybridized carbons (Fsp3) is 0.500. The maximum Gasteiger partial charge on any atom is 0.343 e. The van der Waals surface area contributed by atoms with Gasteiger partial charge < -0.3 is 9.84 Å². The van der Waals surface area contributed by atoms with E-state index in [4.69, 9.17) is 4.74 Å². The summed E-state index contributed by atoms with van der Waals surface area (Å²) in [6.45, 7) is 3.00. The van der Waals surface area contributed by atoms with Gasteiger partial charge in [0.25, 0.3) is 0 Å². The van der Waals surface area contributed by atoms with Crippen molar-refractivity contribution in [1.29, 1.82) is 0 Å². The number of esters is 1. The first kappa shape index (κ1) is 23.4. The maximum atomic E-state index is 14.9. The zero-order valence-electron chi connectivity index (χ0n) is 16.7. The topological polar surface area (TPSA) is 102 Å². The molecule has 0 saturated heterocycles. The number of hydrogen-bond acceptors (Lipinski definition) is 6. The number of nitrogens with zero attached hydrogens (tertiary/aromatic N) is 2. The van der Waals surface area contributed by atoms with Crippen molar-refractivity contribution in [3.8, 4) is 0 Å². The van der Waals surface area contributed by atoms with Crippen molar-refractivity contribution in [3.63, 3.8) is 0 Å². The van der Waals surface area contributed by atoms with Crippen molar-refractivity contribution in [1.82, 2.24) is 0 Å². The Labute approximate surface area is 171 Å². The molecule has 0 heterocycles. The van der Waals surface area contributed by atoms with E-state index in [-0.39, 0.29) is 19.1 Å². The Morgan fingerprint density at radius 1 is 1.23 bits per heavy atom. The summed E-state index contributed by atoms with van der Waals surface area (Å²) in [5.74, 6) is -7.49. The molecule has 0 atom stereocenters. The zero-order valence-corrected chi connectivity index (χ0v) is 16.7. The number of aliphatic hydroxyl groups excluding tert-OH is 1. The smallest absolute Gasteiger partial charge is 0.343 e. The number of carbonyl (C=O) groups is 1. The average Bonchev–Trinajstić information content (AvgIpc) is 3.22. The van der Waals surface area contributed by atoms with Gasteiger partial charge in [-0.05, 0) is 25.7 Å². The third-order valence-corrected chi connectivity index (χ3v) is 4.81. The zero-order chi connectivity index (χ0) is 22.4. The van der Waals surface area contributed by atoms with Crippen LogP contribution in [0.5, 0.6) is 0 Å². The monoisotopic (exact) mass is 428 g/mol. The summed E-state index contributed by atoms with van der Waals surface area (Å²) in [5, 5.41) is 22.0. The molecular weight excluding hydrogens is 405 g/mol. The van der Waals surface area contributed by atoms with Gasteiger partial charge in [0.1, 0.15) is 22.7 Å². The molecule has 164 valence electrons. The minimum atomic E-state index is -1.92. The average molecular weight is 428 g/mol. The lowest BCUT2D eigenvalue weighted by Crippen LogP contribution is -2.16. The largest absolute Gasteiger partial charge is 0.506 e. The van der Waals surface area contributed by atoms with Gasteiger partial charge in [-0.25, -0.2) is 13.6 Å². The summed E-state index contributed by atoms with van der Waals surface area (Å²) in [6.07, 6.45) is 4.41. The number of carbonyl (C=O) groups excluding carboxylic acids is 1. The fourth-order valence-electron chi connectivity index (χ4n) is 3.25. The molecule has 1 aromatic rings. The third-order valence-electron chi connectivity index (χ3n) is 4.81. The highest BCUT2D eigenvalue weighted by atomic mass is 19.2. The number of nitro groups is 1. The van der Waals surface area contributed by atoms with Gasteiger partial charge in [0.05, 0.1) is 11.5 Å². The van der Waals surface area contributed by atoms with Gasteiger partial charge in [0.2, 0.25) is 5.82 Å². The van der Waals surface area contributed by atoms with Gasteiger partial charge >= 0.3 is 11.7 Å². The Kier molecular flexibility index (Phi) is 7.96. The van der Waals surface area contributed by atoms with Crippen molar-refractivity contribution in [2.24, 2.45) is 4.99 Å². The number of rotatable bonds is 8. The highest BCUT2D eigenvalue weighted by Crippen LogP contribution is 2.36. The normalized spacial score (nSPS) is 15.5. The first-order valence-electron chi connectivity index (χ1n) is 9.72. The van der Waals surface area contributed by atoms with Crippen molar-refractivity contribution in [3.05, 3.63) is 44.3 Å². The fourth-order valence-corrected chi connectivity index (χ4v) is 3.25. The summed E-state index contributed by atoms with van der Waals surface area (Å²) in [6, 6.07) is -0.136. The van der Waals surface area contributed by atoms with Crippen LogP contribution in [-0.4, -0.2) is 34.9 Å². The molecular formula is C20H23F3N2O5. The Hall–Kier alpha value is -2.91. The van der Waals surface area contributed by atoms with Crippen LogP contribution in [0, 0.1) is 27.6 Å². The highest BCUT2D eigenvalue weighted by molar-refractivity contribution is 6.15. The molecule has 0 unspecified atom stereocenters. The molecule has 0 aromatic heterocycles. The van der Waals surface area contributed by atoms with E-state index in [0.717, 1.165) is 31.9 Å². The van der Waals surface area contributed by atoms with Crippen LogP contribution in [-0.2, 0) is 16.0 Å². The molecule has 1 aliphatic rings. The molecule has 30 heavy (non-hydrogen) atoms. The van der Waals surface area contributed by atoms with Gasteiger partial charge in [-0.3, -0.25) is 15.1 Å². The second-order valence-electron chi connectivity index (χ2n) is 6.87. The Bertz CT molecular complexity index is 893. The van der Waals surface area contributed by atoms with Crippen LogP contribution < -0.4 is 0 Å². The van der Waals surface area contributed by atoms with E-state index in [1.807, 2.05) is 0 Å². The van der Waals surface area contributed by atoms with Crippen LogP contribution in [0.1, 0.15) is 57.1 Å². The van der Waals surface area contributed by atoms with Crippen LogP contribution in [0.2, 0.25) is 0 Å². The minimum Gasteiger partial charge on any atom is -0.506 e. The second kappa shape index (κ2) is 10.2. The lowest BCUT2D eigenvalue weighted by atomic mass is 10.00. The maximum absolute atomic E-state index is 14.9. The molecule has 1 aliphatic carbocycles. The lowest BCUT2D eigenvalue weighted by molar-refractivity contribution is -0.388. The Balaban J connectivity index is 2.74. The number of aliphatic imine (C=N–C) groups is 1. The molecule has 10 heteroatoms. The predicted octanol–water partition coefficient (Wildman–Crippen LogP) is 4.81. The molecule has 0 aliphatic heterocycles.